The molecule has 1 fully saturated rings. The monoisotopic (exact) mass is 333 g/mol. The number of carboxylic acid groups (broad SMARTS) is 1. The van der Waals surface area contributed by atoms with Crippen molar-refractivity contribution in [2.45, 2.75) is 51.2 Å². The minimum atomic E-state index is -1.25. The van der Waals surface area contributed by atoms with Gasteiger partial charge in [-0.2, -0.15) is 0 Å². The third-order valence-electron chi connectivity index (χ3n) is 4.27. The molecular formula is C18H23NO5. The van der Waals surface area contributed by atoms with Crippen molar-refractivity contribution in [3.63, 3.8) is 0 Å². The summed E-state index contributed by atoms with van der Waals surface area (Å²) in [7, 11) is 0. The molecule has 0 heterocycles. The van der Waals surface area contributed by atoms with E-state index >= 15 is 0 Å². The quantitative estimate of drug-likeness (QED) is 0.800. The zero-order chi connectivity index (χ0) is 17.4. The fourth-order valence-corrected chi connectivity index (χ4v) is 2.90. The van der Waals surface area contributed by atoms with Crippen LogP contribution in [0.3, 0.4) is 0 Å². The molecule has 1 aliphatic rings. The Balaban J connectivity index is 1.82. The van der Waals surface area contributed by atoms with Crippen molar-refractivity contribution in [1.82, 2.24) is 5.32 Å². The van der Waals surface area contributed by atoms with Gasteiger partial charge in [0.1, 0.15) is 18.4 Å². The summed E-state index contributed by atoms with van der Waals surface area (Å²) in [5.74, 6) is -1.40. The van der Waals surface area contributed by atoms with Gasteiger partial charge in [0.25, 0.3) is 0 Å². The van der Waals surface area contributed by atoms with E-state index in [-0.39, 0.29) is 24.7 Å². The molecule has 6 nitrogen and oxygen atoms in total. The van der Waals surface area contributed by atoms with Crippen LogP contribution in [0.2, 0.25) is 0 Å². The van der Waals surface area contributed by atoms with E-state index in [2.05, 4.69) is 5.32 Å². The van der Waals surface area contributed by atoms with E-state index in [0.29, 0.717) is 0 Å². The van der Waals surface area contributed by atoms with Crippen LogP contribution < -0.4 is 5.32 Å². The van der Waals surface area contributed by atoms with Crippen LogP contribution in [0.4, 0.5) is 4.79 Å². The topological polar surface area (TPSA) is 92.7 Å². The highest BCUT2D eigenvalue weighted by atomic mass is 16.5. The van der Waals surface area contributed by atoms with Crippen LogP contribution in [0.15, 0.2) is 30.3 Å². The Bertz CT molecular complexity index is 566. The Morgan fingerprint density at radius 2 is 1.79 bits per heavy atom. The van der Waals surface area contributed by atoms with E-state index < -0.39 is 18.1 Å². The smallest absolute Gasteiger partial charge is 0.408 e. The Morgan fingerprint density at radius 1 is 1.12 bits per heavy atom. The summed E-state index contributed by atoms with van der Waals surface area (Å²) in [6.07, 6.45) is 3.72. The molecule has 1 unspecified atom stereocenters. The van der Waals surface area contributed by atoms with Crippen LogP contribution in [-0.4, -0.2) is 29.0 Å². The van der Waals surface area contributed by atoms with Crippen molar-refractivity contribution >= 4 is 17.8 Å². The van der Waals surface area contributed by atoms with E-state index in [1.807, 2.05) is 18.2 Å². The lowest BCUT2D eigenvalue weighted by atomic mass is 9.84. The van der Waals surface area contributed by atoms with Gasteiger partial charge in [0, 0.05) is 12.3 Å². The third-order valence-corrected chi connectivity index (χ3v) is 4.27. The second kappa shape index (κ2) is 9.05. The first-order valence-corrected chi connectivity index (χ1v) is 8.29. The summed E-state index contributed by atoms with van der Waals surface area (Å²) in [5, 5.41) is 11.5. The van der Waals surface area contributed by atoms with E-state index in [4.69, 9.17) is 4.74 Å². The molecule has 6 heteroatoms. The Morgan fingerprint density at radius 3 is 2.42 bits per heavy atom. The summed E-state index contributed by atoms with van der Waals surface area (Å²) in [4.78, 5) is 35.3. The molecule has 0 saturated heterocycles. The molecule has 1 aromatic carbocycles. The summed E-state index contributed by atoms with van der Waals surface area (Å²) in [6.45, 7) is 0.0512. The fraction of sp³-hybridized carbons (Fsp3) is 0.500. The van der Waals surface area contributed by atoms with E-state index in [1.165, 1.54) is 0 Å². The lowest BCUT2D eigenvalue weighted by molar-refractivity contribution is -0.141. The number of ketones is 1. The minimum absolute atomic E-state index is 0.0512. The van der Waals surface area contributed by atoms with Crippen LogP contribution in [0, 0.1) is 5.92 Å². The van der Waals surface area contributed by atoms with Crippen molar-refractivity contribution in [2.24, 2.45) is 5.92 Å². The molecule has 24 heavy (non-hydrogen) atoms. The lowest BCUT2D eigenvalue weighted by Gasteiger charge is -2.22. The number of hydrogen-bond acceptors (Lipinski definition) is 4. The number of ether oxygens (including phenoxy) is 1. The first-order chi connectivity index (χ1) is 11.6. The second-order valence-electron chi connectivity index (χ2n) is 6.10. The molecule has 0 radical (unpaired) electrons. The standard InChI is InChI=1S/C18H23NO5/c20-16(14-9-5-2-6-10-14)11-15(17(21)22)19-18(23)24-12-13-7-3-1-4-8-13/h1,3-4,7-8,14-15H,2,5-6,9-12H2,(H,19,23)(H,21,22). The van der Waals surface area contributed by atoms with Crippen LogP contribution in [0.25, 0.3) is 0 Å². The Kier molecular flexibility index (Phi) is 6.78. The highest BCUT2D eigenvalue weighted by molar-refractivity contribution is 5.89. The predicted octanol–water partition coefficient (Wildman–Crippen LogP) is 2.91. The van der Waals surface area contributed by atoms with Crippen molar-refractivity contribution in [1.29, 1.82) is 0 Å². The summed E-state index contributed by atoms with van der Waals surface area (Å²) >= 11 is 0. The number of carboxylic acids is 1. The number of benzene rings is 1. The zero-order valence-corrected chi connectivity index (χ0v) is 13.6. The van der Waals surface area contributed by atoms with Gasteiger partial charge in [0.15, 0.2) is 0 Å². The Hall–Kier alpha value is -2.37. The molecular weight excluding hydrogens is 310 g/mol. The number of amides is 1. The van der Waals surface area contributed by atoms with Crippen LogP contribution in [-0.2, 0) is 20.9 Å². The molecule has 1 aliphatic carbocycles. The molecule has 1 atom stereocenters. The first-order valence-electron chi connectivity index (χ1n) is 8.29. The first kappa shape index (κ1) is 18.0. The molecule has 0 aromatic heterocycles. The molecule has 1 aromatic rings. The average Bonchev–Trinajstić information content (AvgIpc) is 2.61. The SMILES string of the molecule is O=C(NC(CC(=O)C1CCCCC1)C(=O)O)OCc1ccccc1. The maximum absolute atomic E-state index is 12.2. The number of rotatable bonds is 7. The minimum Gasteiger partial charge on any atom is -0.480 e. The van der Waals surface area contributed by atoms with Crippen molar-refractivity contribution in [3.05, 3.63) is 35.9 Å². The van der Waals surface area contributed by atoms with E-state index in [0.717, 1.165) is 37.7 Å². The molecule has 0 aliphatic heterocycles. The number of Topliss-reactive ketones (excluding diaryl/α,β-unsaturated/α-hetero) is 1. The van der Waals surface area contributed by atoms with E-state index in [9.17, 15) is 19.5 Å². The van der Waals surface area contributed by atoms with Crippen LogP contribution >= 0.6 is 0 Å². The van der Waals surface area contributed by atoms with Gasteiger partial charge in [-0.25, -0.2) is 9.59 Å². The number of nitrogens with one attached hydrogen (secondary N) is 1. The van der Waals surface area contributed by atoms with Crippen molar-refractivity contribution in [2.75, 3.05) is 0 Å². The van der Waals surface area contributed by atoms with Crippen LogP contribution in [0.1, 0.15) is 44.1 Å². The third kappa shape index (κ3) is 5.68. The molecule has 1 amide bonds. The highest BCUT2D eigenvalue weighted by Crippen LogP contribution is 2.25. The van der Waals surface area contributed by atoms with Gasteiger partial charge in [-0.1, -0.05) is 49.6 Å². The number of carbonyl (C=O) groups is 3. The van der Waals surface area contributed by atoms with Gasteiger partial charge >= 0.3 is 12.1 Å². The molecule has 1 saturated carbocycles. The fourth-order valence-electron chi connectivity index (χ4n) is 2.90. The number of aliphatic carboxylic acids is 1. The lowest BCUT2D eigenvalue weighted by Crippen LogP contribution is -2.43. The van der Waals surface area contributed by atoms with Gasteiger partial charge in [-0.05, 0) is 18.4 Å². The van der Waals surface area contributed by atoms with Gasteiger partial charge in [0.2, 0.25) is 0 Å². The number of carbonyl (C=O) groups excluding carboxylic acids is 2. The maximum Gasteiger partial charge on any atom is 0.408 e. The zero-order valence-electron chi connectivity index (χ0n) is 13.6. The van der Waals surface area contributed by atoms with Gasteiger partial charge in [-0.15, -0.1) is 0 Å². The summed E-state index contributed by atoms with van der Waals surface area (Å²) in [6, 6.07) is 7.84. The highest BCUT2D eigenvalue weighted by Gasteiger charge is 2.28. The summed E-state index contributed by atoms with van der Waals surface area (Å²) in [5.41, 5.74) is 0.804. The average molecular weight is 333 g/mol. The van der Waals surface area contributed by atoms with Crippen molar-refractivity contribution < 1.29 is 24.2 Å². The molecule has 2 rings (SSSR count). The largest absolute Gasteiger partial charge is 0.480 e. The second-order valence-corrected chi connectivity index (χ2v) is 6.10. The predicted molar refractivity (Wildman–Crippen MR) is 87.4 cm³/mol. The number of hydrogen-bond donors (Lipinski definition) is 2. The molecule has 2 N–H and O–H groups in total. The van der Waals surface area contributed by atoms with E-state index in [1.54, 1.807) is 12.1 Å². The maximum atomic E-state index is 12.2. The summed E-state index contributed by atoms with van der Waals surface area (Å²) < 4.78 is 5.01. The van der Waals surface area contributed by atoms with Crippen LogP contribution in [0.5, 0.6) is 0 Å². The Labute approximate surface area is 141 Å². The van der Waals surface area contributed by atoms with Gasteiger partial charge < -0.3 is 15.2 Å². The van der Waals surface area contributed by atoms with Crippen molar-refractivity contribution in [3.8, 4) is 0 Å². The van der Waals surface area contributed by atoms with Gasteiger partial charge in [-0.3, -0.25) is 4.79 Å². The normalized spacial score (nSPS) is 16.2. The molecule has 0 spiro atoms. The van der Waals surface area contributed by atoms with Gasteiger partial charge in [0.05, 0.1) is 0 Å². The molecule has 130 valence electrons. The molecule has 0 bridgehead atoms. The number of alkyl carbamates (subject to hydrolysis) is 1.